The SMILES string of the molecule is CO.Cc1ccnc(C2CC2(F)F)n1. The molecular formula is C9H12F2N2O. The van der Waals surface area contributed by atoms with Crippen LogP contribution in [0, 0.1) is 6.92 Å². The number of aryl methyl sites for hydroxylation is 1. The van der Waals surface area contributed by atoms with Gasteiger partial charge in [0.05, 0.1) is 5.92 Å². The Balaban J connectivity index is 0.000000461. The number of aromatic nitrogens is 2. The van der Waals surface area contributed by atoms with E-state index in [0.717, 1.165) is 12.8 Å². The molecule has 0 radical (unpaired) electrons. The summed E-state index contributed by atoms with van der Waals surface area (Å²) in [6, 6.07) is 1.70. The average Bonchev–Trinajstić information content (AvgIpc) is 2.79. The van der Waals surface area contributed by atoms with Crippen LogP contribution in [0.3, 0.4) is 0 Å². The molecule has 0 bridgehead atoms. The largest absolute Gasteiger partial charge is 0.400 e. The summed E-state index contributed by atoms with van der Waals surface area (Å²) in [6.45, 7) is 1.77. The molecule has 0 spiro atoms. The van der Waals surface area contributed by atoms with Gasteiger partial charge in [0, 0.05) is 25.4 Å². The number of alkyl halides is 2. The third-order valence-electron chi connectivity index (χ3n) is 1.95. The van der Waals surface area contributed by atoms with Crippen molar-refractivity contribution in [2.45, 2.75) is 25.2 Å². The highest BCUT2D eigenvalue weighted by atomic mass is 19.3. The van der Waals surface area contributed by atoms with Crippen molar-refractivity contribution < 1.29 is 13.9 Å². The molecule has 1 unspecified atom stereocenters. The summed E-state index contributed by atoms with van der Waals surface area (Å²) in [5.41, 5.74) is 0.739. The minimum Gasteiger partial charge on any atom is -0.400 e. The predicted octanol–water partition coefficient (Wildman–Crippen LogP) is 1.52. The van der Waals surface area contributed by atoms with E-state index in [1.807, 2.05) is 0 Å². The quantitative estimate of drug-likeness (QED) is 0.750. The first-order chi connectivity index (χ1) is 6.59. The van der Waals surface area contributed by atoms with E-state index in [0.29, 0.717) is 0 Å². The number of aliphatic hydroxyl groups is 1. The Hall–Kier alpha value is -1.10. The summed E-state index contributed by atoms with van der Waals surface area (Å²) < 4.78 is 25.1. The lowest BCUT2D eigenvalue weighted by atomic mass is 10.3. The summed E-state index contributed by atoms with van der Waals surface area (Å²) in [4.78, 5) is 7.75. The van der Waals surface area contributed by atoms with Crippen molar-refractivity contribution in [2.75, 3.05) is 7.11 Å². The lowest BCUT2D eigenvalue weighted by Gasteiger charge is -1.97. The predicted molar refractivity (Wildman–Crippen MR) is 47.2 cm³/mol. The Bertz CT molecular complexity index is 317. The summed E-state index contributed by atoms with van der Waals surface area (Å²) in [5.74, 6) is -3.02. The number of aliphatic hydroxyl groups excluding tert-OH is 1. The first kappa shape index (κ1) is 11.0. The molecular weight excluding hydrogens is 190 g/mol. The van der Waals surface area contributed by atoms with Gasteiger partial charge in [0.2, 0.25) is 0 Å². The zero-order chi connectivity index (χ0) is 10.8. The van der Waals surface area contributed by atoms with Crippen LogP contribution in [0.25, 0.3) is 0 Å². The molecule has 78 valence electrons. The Morgan fingerprint density at radius 1 is 1.50 bits per heavy atom. The second-order valence-electron chi connectivity index (χ2n) is 3.07. The molecule has 3 nitrogen and oxygen atoms in total. The van der Waals surface area contributed by atoms with Gasteiger partial charge in [-0.1, -0.05) is 0 Å². The van der Waals surface area contributed by atoms with E-state index in [2.05, 4.69) is 9.97 Å². The monoisotopic (exact) mass is 202 g/mol. The van der Waals surface area contributed by atoms with E-state index in [1.165, 1.54) is 6.20 Å². The van der Waals surface area contributed by atoms with Gasteiger partial charge >= 0.3 is 0 Å². The first-order valence-electron chi connectivity index (χ1n) is 4.22. The zero-order valence-corrected chi connectivity index (χ0v) is 8.04. The van der Waals surface area contributed by atoms with Crippen LogP contribution >= 0.6 is 0 Å². The summed E-state index contributed by atoms with van der Waals surface area (Å²) in [6.07, 6.45) is 1.42. The van der Waals surface area contributed by atoms with Crippen molar-refractivity contribution in [1.82, 2.24) is 9.97 Å². The van der Waals surface area contributed by atoms with Crippen molar-refractivity contribution in [3.63, 3.8) is 0 Å². The van der Waals surface area contributed by atoms with Crippen molar-refractivity contribution in [2.24, 2.45) is 0 Å². The van der Waals surface area contributed by atoms with Crippen LogP contribution in [-0.4, -0.2) is 28.1 Å². The topological polar surface area (TPSA) is 46.0 Å². The van der Waals surface area contributed by atoms with Gasteiger partial charge in [-0.05, 0) is 13.0 Å². The number of hydrogen-bond acceptors (Lipinski definition) is 3. The van der Waals surface area contributed by atoms with Crippen molar-refractivity contribution in [3.8, 4) is 0 Å². The number of nitrogens with zero attached hydrogens (tertiary/aromatic N) is 2. The molecule has 1 aliphatic rings. The molecule has 1 N–H and O–H groups in total. The molecule has 2 rings (SSSR count). The minimum absolute atomic E-state index is 0.101. The Labute approximate surface area is 80.8 Å². The lowest BCUT2D eigenvalue weighted by Crippen LogP contribution is -1.99. The molecule has 1 aromatic heterocycles. The molecule has 1 aliphatic carbocycles. The van der Waals surface area contributed by atoms with Crippen LogP contribution in [0.1, 0.15) is 23.9 Å². The Morgan fingerprint density at radius 3 is 2.50 bits per heavy atom. The van der Waals surface area contributed by atoms with E-state index in [4.69, 9.17) is 5.11 Å². The maximum absolute atomic E-state index is 12.5. The van der Waals surface area contributed by atoms with Crippen LogP contribution in [0.4, 0.5) is 8.78 Å². The average molecular weight is 202 g/mol. The molecule has 0 amide bonds. The molecule has 0 saturated heterocycles. The zero-order valence-electron chi connectivity index (χ0n) is 8.04. The Morgan fingerprint density at radius 2 is 2.07 bits per heavy atom. The standard InChI is InChI=1S/C8H8F2N2.CH4O/c1-5-2-3-11-7(12-5)6-4-8(6,9)10;1-2/h2-3,6H,4H2,1H3;2H,1H3. The second-order valence-corrected chi connectivity index (χ2v) is 3.07. The van der Waals surface area contributed by atoms with Crippen LogP contribution in [0.5, 0.6) is 0 Å². The van der Waals surface area contributed by atoms with Crippen LogP contribution in [-0.2, 0) is 0 Å². The Kier molecular flexibility index (Phi) is 3.10. The normalized spacial score (nSPS) is 22.2. The fourth-order valence-electron chi connectivity index (χ4n) is 1.13. The third-order valence-corrected chi connectivity index (χ3v) is 1.95. The molecule has 0 aliphatic heterocycles. The maximum atomic E-state index is 12.5. The van der Waals surface area contributed by atoms with Gasteiger partial charge in [0.1, 0.15) is 5.82 Å². The molecule has 1 heterocycles. The van der Waals surface area contributed by atoms with Gasteiger partial charge < -0.3 is 5.11 Å². The highest BCUT2D eigenvalue weighted by Gasteiger charge is 2.59. The molecule has 5 heteroatoms. The molecule has 0 aromatic carbocycles. The van der Waals surface area contributed by atoms with Gasteiger partial charge in [-0.15, -0.1) is 0 Å². The van der Waals surface area contributed by atoms with Crippen LogP contribution in [0.15, 0.2) is 12.3 Å². The molecule has 14 heavy (non-hydrogen) atoms. The van der Waals surface area contributed by atoms with Gasteiger partial charge in [-0.2, -0.15) is 0 Å². The maximum Gasteiger partial charge on any atom is 0.259 e. The highest BCUT2D eigenvalue weighted by Crippen LogP contribution is 2.54. The number of hydrogen-bond donors (Lipinski definition) is 1. The smallest absolute Gasteiger partial charge is 0.259 e. The molecule has 1 fully saturated rings. The van der Waals surface area contributed by atoms with Crippen molar-refractivity contribution in [3.05, 3.63) is 23.8 Å². The highest BCUT2D eigenvalue weighted by molar-refractivity contribution is 5.17. The molecule has 1 aromatic rings. The van der Waals surface area contributed by atoms with E-state index >= 15 is 0 Å². The van der Waals surface area contributed by atoms with Crippen molar-refractivity contribution >= 4 is 0 Å². The van der Waals surface area contributed by atoms with Gasteiger partial charge in [0.25, 0.3) is 5.92 Å². The molecule has 1 atom stereocenters. The van der Waals surface area contributed by atoms with E-state index < -0.39 is 11.8 Å². The van der Waals surface area contributed by atoms with E-state index in [-0.39, 0.29) is 12.2 Å². The van der Waals surface area contributed by atoms with Gasteiger partial charge in [-0.25, -0.2) is 18.7 Å². The second kappa shape index (κ2) is 3.96. The van der Waals surface area contributed by atoms with Crippen LogP contribution in [0.2, 0.25) is 0 Å². The number of rotatable bonds is 1. The third kappa shape index (κ3) is 2.23. The first-order valence-corrected chi connectivity index (χ1v) is 4.22. The summed E-state index contributed by atoms with van der Waals surface area (Å²) >= 11 is 0. The lowest BCUT2D eigenvalue weighted by molar-refractivity contribution is 0.111. The fraction of sp³-hybridized carbons (Fsp3) is 0.556. The van der Waals surface area contributed by atoms with Gasteiger partial charge in [-0.3, -0.25) is 0 Å². The van der Waals surface area contributed by atoms with E-state index in [9.17, 15) is 8.78 Å². The summed E-state index contributed by atoms with van der Waals surface area (Å²) in [7, 11) is 1.00. The summed E-state index contributed by atoms with van der Waals surface area (Å²) in [5, 5.41) is 7.00. The van der Waals surface area contributed by atoms with Crippen LogP contribution < -0.4 is 0 Å². The van der Waals surface area contributed by atoms with E-state index in [1.54, 1.807) is 13.0 Å². The minimum atomic E-state index is -2.56. The van der Waals surface area contributed by atoms with Gasteiger partial charge in [0.15, 0.2) is 0 Å². The fourth-order valence-corrected chi connectivity index (χ4v) is 1.13. The molecule has 1 saturated carbocycles. The van der Waals surface area contributed by atoms with Crippen molar-refractivity contribution in [1.29, 1.82) is 0 Å². The number of halogens is 2.